The Kier molecular flexibility index (Phi) is 10.3. The summed E-state index contributed by atoms with van der Waals surface area (Å²) in [5.74, 6) is -0.349. The minimum atomic E-state index is -2.91. The zero-order valence-electron chi connectivity index (χ0n) is 32.6. The first-order chi connectivity index (χ1) is 27.5. The number of anilines is 2. The number of hydrogen-bond acceptors (Lipinski definition) is 8. The van der Waals surface area contributed by atoms with Gasteiger partial charge >= 0.3 is 0 Å². The third-order valence-corrected chi connectivity index (χ3v) is 14.2. The number of aryl methyl sites for hydroxylation is 1. The number of para-hydroxylation sites is 1. The molecule has 294 valence electrons. The van der Waals surface area contributed by atoms with Gasteiger partial charge in [0, 0.05) is 52.6 Å². The highest BCUT2D eigenvalue weighted by Gasteiger charge is 2.66. The molecular weight excluding hydrogens is 737 g/mol. The number of H-pyrrole nitrogens is 1. The van der Waals surface area contributed by atoms with Crippen molar-refractivity contribution < 1.29 is 29.0 Å². The second kappa shape index (κ2) is 15.4. The number of nitrogens with zero attached hydrogens (tertiary/aromatic N) is 4. The molecule has 13 heteroatoms. The number of methoxy groups -OCH3 is 1. The molecule has 2 aliphatic rings. The van der Waals surface area contributed by atoms with Gasteiger partial charge in [0.2, 0.25) is 5.91 Å². The molecule has 0 radical (unpaired) electrons. The summed E-state index contributed by atoms with van der Waals surface area (Å²) in [5, 5.41) is 23.0. The fourth-order valence-electron chi connectivity index (χ4n) is 9.04. The van der Waals surface area contributed by atoms with Crippen molar-refractivity contribution in [3.8, 4) is 5.75 Å². The fraction of sp³-hybridized carbons (Fsp3) is 0.318. The first-order valence-corrected chi connectivity index (χ1v) is 22.4. The van der Waals surface area contributed by atoms with Gasteiger partial charge in [-0.3, -0.25) is 14.3 Å². The van der Waals surface area contributed by atoms with E-state index in [2.05, 4.69) is 20.6 Å². The number of carbonyl (C=O) groups excluding carboxylic acids is 2. The van der Waals surface area contributed by atoms with Crippen LogP contribution in [-0.4, -0.2) is 69.8 Å². The van der Waals surface area contributed by atoms with Crippen LogP contribution < -0.4 is 15.0 Å². The molecule has 4 aromatic carbocycles. The van der Waals surface area contributed by atoms with Crippen LogP contribution in [0.3, 0.4) is 0 Å². The van der Waals surface area contributed by atoms with Crippen LogP contribution in [0.5, 0.6) is 5.75 Å². The fourth-order valence-corrected chi connectivity index (χ4v) is 11.6. The molecule has 57 heavy (non-hydrogen) atoms. The number of rotatable bonds is 13. The van der Waals surface area contributed by atoms with E-state index in [0.29, 0.717) is 30.1 Å². The molecule has 5 atom stereocenters. The number of hydrogen-bond donors (Lipinski definition) is 4. The van der Waals surface area contributed by atoms with Gasteiger partial charge in [0.25, 0.3) is 5.91 Å². The molecule has 0 saturated carbocycles. The van der Waals surface area contributed by atoms with Gasteiger partial charge in [-0.05, 0) is 72.6 Å². The molecule has 0 aliphatic carbocycles. The van der Waals surface area contributed by atoms with Crippen molar-refractivity contribution in [2.24, 2.45) is 5.92 Å². The van der Waals surface area contributed by atoms with Crippen molar-refractivity contribution in [2.45, 2.75) is 69.1 Å². The molecule has 2 aliphatic heterocycles. The van der Waals surface area contributed by atoms with Gasteiger partial charge in [-0.15, -0.1) is 5.10 Å². The maximum atomic E-state index is 15.0. The van der Waals surface area contributed by atoms with E-state index in [9.17, 15) is 19.5 Å². The molecule has 0 bridgehead atoms. The Morgan fingerprint density at radius 1 is 1.05 bits per heavy atom. The molecule has 6 aromatic rings. The van der Waals surface area contributed by atoms with Crippen molar-refractivity contribution >= 4 is 42.4 Å². The number of aliphatic hydroxyl groups excluding tert-OH is 1. The number of ether oxygens (including phenoxy) is 2. The van der Waals surface area contributed by atoms with Crippen LogP contribution in [0.1, 0.15) is 47.2 Å². The lowest BCUT2D eigenvalue weighted by molar-refractivity contribution is -0.146. The smallest absolute Gasteiger partial charge is 0.264 e. The second-order valence-electron chi connectivity index (χ2n) is 15.8. The lowest BCUT2D eigenvalue weighted by Gasteiger charge is -2.32. The molecule has 12 nitrogen and oxygen atoms in total. The van der Waals surface area contributed by atoms with Crippen LogP contribution in [0.25, 0.3) is 10.9 Å². The Balaban J connectivity index is 1.01. The van der Waals surface area contributed by atoms with Crippen LogP contribution >= 0.6 is 0 Å². The van der Waals surface area contributed by atoms with E-state index in [4.69, 9.17) is 9.47 Å². The highest BCUT2D eigenvalue weighted by Crippen LogP contribution is 2.60. The number of nitrogens with one attached hydrogen (secondary N) is 2. The third-order valence-electron chi connectivity index (χ3n) is 11.7. The Morgan fingerprint density at radius 2 is 1.81 bits per heavy atom. The summed E-state index contributed by atoms with van der Waals surface area (Å²) in [4.78, 5) is 44.8. The van der Waals surface area contributed by atoms with E-state index < -0.39 is 20.0 Å². The van der Waals surface area contributed by atoms with Gasteiger partial charge in [0.1, 0.15) is 5.75 Å². The number of aromatic amines is 1. The Labute approximate surface area is 332 Å². The lowest BCUT2D eigenvalue weighted by atomic mass is 9.82. The quantitative estimate of drug-likeness (QED) is 0.0968. The highest BCUT2D eigenvalue weighted by atomic mass is 28.4. The maximum Gasteiger partial charge on any atom is 0.264 e. The average molecular weight is 785 g/mol. The lowest BCUT2D eigenvalue weighted by Crippen LogP contribution is -2.46. The predicted molar refractivity (Wildman–Crippen MR) is 220 cm³/mol. The average Bonchev–Trinajstić information content (AvgIpc) is 3.97. The summed E-state index contributed by atoms with van der Waals surface area (Å²) in [5.41, 5.74) is 4.93. The summed E-state index contributed by atoms with van der Waals surface area (Å²) in [6, 6.07) is 30.8. The highest BCUT2D eigenvalue weighted by molar-refractivity contribution is 6.71. The molecule has 4 N–H and O–H groups in total. The minimum absolute atomic E-state index is 0.102. The molecule has 1 unspecified atom stereocenters. The molecular formula is C44H48N6O6Si. The van der Waals surface area contributed by atoms with Crippen LogP contribution in [0.4, 0.5) is 11.4 Å². The Morgan fingerprint density at radius 3 is 2.54 bits per heavy atom. The van der Waals surface area contributed by atoms with Crippen molar-refractivity contribution in [1.82, 2.24) is 20.0 Å². The Hall–Kier alpha value is -5.60. The van der Waals surface area contributed by atoms with Gasteiger partial charge in [0.05, 0.1) is 50.1 Å². The van der Waals surface area contributed by atoms with Crippen LogP contribution in [0.2, 0.25) is 18.6 Å². The zero-order valence-corrected chi connectivity index (χ0v) is 33.6. The largest absolute Gasteiger partial charge is 0.497 e. The van der Waals surface area contributed by atoms with Gasteiger partial charge in [0.15, 0.2) is 13.9 Å². The van der Waals surface area contributed by atoms with E-state index in [1.165, 1.54) is 0 Å². The molecule has 2 amide bonds. The molecule has 2 aromatic heterocycles. The van der Waals surface area contributed by atoms with E-state index in [0.717, 1.165) is 38.8 Å². The number of aliphatic hydroxyl groups is 1. The van der Waals surface area contributed by atoms with Gasteiger partial charge in [-0.25, -0.2) is 0 Å². The van der Waals surface area contributed by atoms with Gasteiger partial charge in [-0.2, -0.15) is 0 Å². The van der Waals surface area contributed by atoms with Crippen LogP contribution in [-0.2, 0) is 39.4 Å². The van der Waals surface area contributed by atoms with Crippen LogP contribution in [0.15, 0.2) is 109 Å². The van der Waals surface area contributed by atoms with E-state index in [-0.39, 0.29) is 48.8 Å². The summed E-state index contributed by atoms with van der Waals surface area (Å²) in [6.07, 6.45) is 4.00. The zero-order chi connectivity index (χ0) is 39.9. The third kappa shape index (κ3) is 7.16. The molecule has 1 saturated heterocycles. The summed E-state index contributed by atoms with van der Waals surface area (Å²) < 4.78 is 14.4. The summed E-state index contributed by atoms with van der Waals surface area (Å²) in [7, 11) is -1.31. The molecule has 1 fully saturated rings. The van der Waals surface area contributed by atoms with Crippen molar-refractivity contribution in [1.29, 1.82) is 0 Å². The second-order valence-corrected chi connectivity index (χ2v) is 19.7. The number of fused-ring (bicyclic) bond motifs is 3. The topological polar surface area (TPSA) is 155 Å². The predicted octanol–water partition coefficient (Wildman–Crippen LogP) is 6.51. The number of aromatic nitrogens is 4. The number of amides is 2. The SMILES string of the molecule is COc1ccc2c(c1)[C@]1(O[C@@H](CCn3cc(C(CO)c4ccccc4)nn3)[C@H]([Si](C)(C)O)[C@H]1C)C(=O)N2Cc1ccc(NC(=O)Cc2c[nH]c3ccccc23)cc1. The monoisotopic (exact) mass is 784 g/mol. The molecule has 8 rings (SSSR count). The van der Waals surface area contributed by atoms with Crippen molar-refractivity contribution in [3.05, 3.63) is 137 Å². The molecule has 4 heterocycles. The normalized spacial score (nSPS) is 21.0. The van der Waals surface area contributed by atoms with Crippen molar-refractivity contribution in [2.75, 3.05) is 23.9 Å². The molecule has 1 spiro atoms. The van der Waals surface area contributed by atoms with Crippen LogP contribution in [0, 0.1) is 5.92 Å². The minimum Gasteiger partial charge on any atom is -0.497 e. The van der Waals surface area contributed by atoms with Crippen molar-refractivity contribution in [3.63, 3.8) is 0 Å². The summed E-state index contributed by atoms with van der Waals surface area (Å²) >= 11 is 0. The first kappa shape index (κ1) is 38.3. The van der Waals surface area contributed by atoms with E-state index >= 15 is 0 Å². The standard InChI is InChI=1S/C44H48N6O6Si/c1-28-42(57(3,4)54)40(20-21-49-26-38(47-48-49)35(27-51)30-10-6-5-7-11-30)56-44(28)36-23-33(55-2)18-19-39(36)50(43(44)53)25-29-14-16-32(17-15-29)46-41(52)22-31-24-45-37-13-9-8-12-34(31)37/h5-19,23-24,26,28,35,40,42,45,51,54H,20-22,25,27H2,1-4H3,(H,46,52)/t28-,35?,40+,42-,44+/m1/s1. The van der Waals surface area contributed by atoms with Gasteiger partial charge in [-0.1, -0.05) is 72.8 Å². The first-order valence-electron chi connectivity index (χ1n) is 19.4. The van der Waals surface area contributed by atoms with E-state index in [1.807, 2.05) is 129 Å². The maximum absolute atomic E-state index is 15.0. The summed E-state index contributed by atoms with van der Waals surface area (Å²) in [6.45, 7) is 6.47. The van der Waals surface area contributed by atoms with E-state index in [1.54, 1.807) is 16.7 Å². The Bertz CT molecular complexity index is 2390. The van der Waals surface area contributed by atoms with Gasteiger partial charge < -0.3 is 34.6 Å². The number of benzene rings is 4. The number of carbonyl (C=O) groups is 2.